The largest absolute Gasteiger partial charge is 0.303 e. The minimum Gasteiger partial charge on any atom is -0.303 e. The molecular weight excluding hydrogens is 246 g/mol. The summed E-state index contributed by atoms with van der Waals surface area (Å²) in [5, 5.41) is 0. The second-order valence-electron chi connectivity index (χ2n) is 5.05. The normalized spacial score (nSPS) is 12.6. The minimum atomic E-state index is 0.535. The van der Waals surface area contributed by atoms with Crippen molar-refractivity contribution in [3.05, 3.63) is 41.5 Å². The van der Waals surface area contributed by atoms with Gasteiger partial charge in [0.2, 0.25) is 0 Å². The highest BCUT2D eigenvalue weighted by molar-refractivity contribution is 6.01. The average Bonchev–Trinajstić information content (AvgIpc) is 2.49. The monoisotopic (exact) mass is 271 g/mol. The predicted octanol–water partition coefficient (Wildman–Crippen LogP) is 4.48. The van der Waals surface area contributed by atoms with E-state index in [1.165, 1.54) is 29.5 Å². The zero-order valence-electron chi connectivity index (χ0n) is 12.9. The molecule has 20 heavy (non-hydrogen) atoms. The third kappa shape index (κ3) is 5.52. The minimum absolute atomic E-state index is 0.535. The summed E-state index contributed by atoms with van der Waals surface area (Å²) in [4.78, 5) is 14.7. The Morgan fingerprint density at radius 2 is 2.15 bits per heavy atom. The van der Waals surface area contributed by atoms with Gasteiger partial charge in [0.05, 0.1) is 0 Å². The lowest BCUT2D eigenvalue weighted by atomic mass is 10.00. The van der Waals surface area contributed by atoms with Gasteiger partial charge in [0, 0.05) is 19.2 Å². The fourth-order valence-electron chi connectivity index (χ4n) is 2.14. The van der Waals surface area contributed by atoms with E-state index in [9.17, 15) is 4.79 Å². The third-order valence-corrected chi connectivity index (χ3v) is 3.39. The van der Waals surface area contributed by atoms with Gasteiger partial charge in [0.15, 0.2) is 0 Å². The summed E-state index contributed by atoms with van der Waals surface area (Å²) in [5.41, 5.74) is 4.81. The van der Waals surface area contributed by atoms with Crippen LogP contribution in [0.3, 0.4) is 0 Å². The van der Waals surface area contributed by atoms with Gasteiger partial charge >= 0.3 is 0 Å². The Bertz CT molecular complexity index is 486. The van der Waals surface area contributed by atoms with Gasteiger partial charge in [-0.05, 0) is 49.0 Å². The van der Waals surface area contributed by atoms with Crippen LogP contribution in [0.5, 0.6) is 0 Å². The summed E-state index contributed by atoms with van der Waals surface area (Å²) in [7, 11) is 1.78. The topological polar surface area (TPSA) is 29.4 Å². The maximum absolute atomic E-state index is 10.5. The number of unbranched alkanes of at least 4 members (excludes halogenated alkanes) is 1. The molecule has 0 bridgehead atoms. The van der Waals surface area contributed by atoms with E-state index in [1.54, 1.807) is 7.05 Å². The summed E-state index contributed by atoms with van der Waals surface area (Å²) in [6.45, 7) is 4.32. The fourth-order valence-corrected chi connectivity index (χ4v) is 2.14. The van der Waals surface area contributed by atoms with Crippen LogP contribution < -0.4 is 0 Å². The molecule has 0 N–H and O–H groups in total. The molecule has 0 atom stereocenters. The van der Waals surface area contributed by atoms with Crippen molar-refractivity contribution >= 4 is 17.6 Å². The first kappa shape index (κ1) is 16.4. The number of aliphatic imine (C=N–C) groups is 1. The number of aryl methyl sites for hydroxylation is 1. The zero-order valence-corrected chi connectivity index (χ0v) is 12.9. The molecule has 0 aliphatic rings. The second kappa shape index (κ2) is 9.24. The maximum atomic E-state index is 10.5. The van der Waals surface area contributed by atoms with Gasteiger partial charge in [-0.1, -0.05) is 37.6 Å². The molecule has 0 aliphatic carbocycles. The van der Waals surface area contributed by atoms with Crippen LogP contribution in [-0.2, 0) is 11.2 Å². The van der Waals surface area contributed by atoms with Crippen LogP contribution in [0.15, 0.2) is 35.3 Å². The van der Waals surface area contributed by atoms with E-state index in [0.29, 0.717) is 12.8 Å². The third-order valence-electron chi connectivity index (χ3n) is 3.39. The van der Waals surface area contributed by atoms with Gasteiger partial charge in [-0.25, -0.2) is 0 Å². The highest BCUT2D eigenvalue weighted by atomic mass is 16.1. The maximum Gasteiger partial charge on any atom is 0.120 e. The molecule has 0 radical (unpaired) electrons. The molecule has 0 aliphatic heterocycles. The van der Waals surface area contributed by atoms with Gasteiger partial charge in [-0.3, -0.25) is 4.99 Å². The van der Waals surface area contributed by atoms with Crippen molar-refractivity contribution in [3.63, 3.8) is 0 Å². The molecule has 2 nitrogen and oxygen atoms in total. The van der Waals surface area contributed by atoms with E-state index in [1.807, 2.05) is 0 Å². The van der Waals surface area contributed by atoms with Gasteiger partial charge in [-0.2, -0.15) is 0 Å². The predicted molar refractivity (Wildman–Crippen MR) is 87.4 cm³/mol. The first-order chi connectivity index (χ1) is 9.71. The first-order valence-corrected chi connectivity index (χ1v) is 7.38. The van der Waals surface area contributed by atoms with Crippen LogP contribution in [0.25, 0.3) is 5.57 Å². The molecule has 0 heterocycles. The highest BCUT2D eigenvalue weighted by Crippen LogP contribution is 2.17. The summed E-state index contributed by atoms with van der Waals surface area (Å²) >= 11 is 0. The molecule has 1 aromatic carbocycles. The number of benzene rings is 1. The van der Waals surface area contributed by atoms with Crippen molar-refractivity contribution in [2.45, 2.75) is 46.0 Å². The molecular formula is C18H25NO. The van der Waals surface area contributed by atoms with E-state index in [-0.39, 0.29) is 0 Å². The van der Waals surface area contributed by atoms with Gasteiger partial charge in [0.25, 0.3) is 0 Å². The van der Waals surface area contributed by atoms with Crippen molar-refractivity contribution < 1.29 is 4.79 Å². The lowest BCUT2D eigenvalue weighted by Crippen LogP contribution is -1.96. The molecule has 0 fully saturated rings. The van der Waals surface area contributed by atoms with E-state index in [2.05, 4.69) is 49.2 Å². The van der Waals surface area contributed by atoms with Crippen LogP contribution >= 0.6 is 0 Å². The Morgan fingerprint density at radius 3 is 2.80 bits per heavy atom. The molecule has 2 heteroatoms. The first-order valence-electron chi connectivity index (χ1n) is 7.38. The SMILES string of the molecule is CCCCc1cccc(/C(C)=C/C(CCC=O)=NC)c1. The van der Waals surface area contributed by atoms with Crippen LogP contribution in [0, 0.1) is 0 Å². The van der Waals surface area contributed by atoms with Gasteiger partial charge in [-0.15, -0.1) is 0 Å². The van der Waals surface area contributed by atoms with Crippen molar-refractivity contribution in [1.29, 1.82) is 0 Å². The number of carbonyl (C=O) groups excluding carboxylic acids is 1. The number of carbonyl (C=O) groups is 1. The Kier molecular flexibility index (Phi) is 7.56. The van der Waals surface area contributed by atoms with Gasteiger partial charge in [0.1, 0.15) is 6.29 Å². The van der Waals surface area contributed by atoms with Crippen LogP contribution in [0.4, 0.5) is 0 Å². The molecule has 0 saturated carbocycles. The molecule has 1 aromatic rings. The van der Waals surface area contributed by atoms with Crippen LogP contribution in [-0.4, -0.2) is 19.0 Å². The fraction of sp³-hybridized carbons (Fsp3) is 0.444. The van der Waals surface area contributed by atoms with E-state index >= 15 is 0 Å². The number of aldehydes is 1. The zero-order chi connectivity index (χ0) is 14.8. The van der Waals surface area contributed by atoms with Crippen LogP contribution in [0.1, 0.15) is 50.7 Å². The lowest BCUT2D eigenvalue weighted by molar-refractivity contribution is -0.107. The molecule has 0 unspecified atom stereocenters. The average molecular weight is 271 g/mol. The second-order valence-corrected chi connectivity index (χ2v) is 5.05. The summed E-state index contributed by atoms with van der Waals surface area (Å²) < 4.78 is 0. The number of hydrogen-bond acceptors (Lipinski definition) is 2. The Morgan fingerprint density at radius 1 is 1.35 bits per heavy atom. The Hall–Kier alpha value is -1.70. The number of allylic oxidation sites excluding steroid dienone is 2. The lowest BCUT2D eigenvalue weighted by Gasteiger charge is -2.06. The van der Waals surface area contributed by atoms with E-state index < -0.39 is 0 Å². The van der Waals surface area contributed by atoms with Crippen molar-refractivity contribution in [3.8, 4) is 0 Å². The van der Waals surface area contributed by atoms with Crippen molar-refractivity contribution in [2.24, 2.45) is 4.99 Å². The molecule has 108 valence electrons. The van der Waals surface area contributed by atoms with E-state index in [4.69, 9.17) is 0 Å². The Balaban J connectivity index is 2.84. The molecule has 0 aromatic heterocycles. The number of rotatable bonds is 8. The van der Waals surface area contributed by atoms with E-state index in [0.717, 1.165) is 18.4 Å². The quantitative estimate of drug-likeness (QED) is 0.506. The standard InChI is InChI=1S/C18H25NO/c1-4-5-8-16-9-6-10-17(14-16)15(2)13-18(19-3)11-7-12-20/h6,9-10,12-14H,4-5,7-8,11H2,1-3H3/b15-13+,19-18?. The summed E-state index contributed by atoms with van der Waals surface area (Å²) in [6.07, 6.45) is 7.87. The molecule has 0 saturated heterocycles. The molecule has 0 amide bonds. The van der Waals surface area contributed by atoms with Gasteiger partial charge < -0.3 is 4.79 Å². The van der Waals surface area contributed by atoms with Crippen molar-refractivity contribution in [1.82, 2.24) is 0 Å². The Labute approximate surface area is 122 Å². The highest BCUT2D eigenvalue weighted by Gasteiger charge is 2.01. The van der Waals surface area contributed by atoms with Crippen LogP contribution in [0.2, 0.25) is 0 Å². The molecule has 1 rings (SSSR count). The number of nitrogens with zero attached hydrogens (tertiary/aromatic N) is 1. The summed E-state index contributed by atoms with van der Waals surface area (Å²) in [5.74, 6) is 0. The number of hydrogen-bond donors (Lipinski definition) is 0. The van der Waals surface area contributed by atoms with Crippen molar-refractivity contribution in [2.75, 3.05) is 7.05 Å². The summed E-state index contributed by atoms with van der Waals surface area (Å²) in [6, 6.07) is 8.70. The molecule has 0 spiro atoms. The smallest absolute Gasteiger partial charge is 0.120 e.